The number of halogens is 1. The summed E-state index contributed by atoms with van der Waals surface area (Å²) in [4.78, 5) is 31.4. The Morgan fingerprint density at radius 3 is 2.53 bits per heavy atom. The lowest BCUT2D eigenvalue weighted by Crippen LogP contribution is -2.29. The Kier molecular flexibility index (Phi) is 4.46. The summed E-state index contributed by atoms with van der Waals surface area (Å²) < 4.78 is 0. The van der Waals surface area contributed by atoms with Gasteiger partial charge in [-0.05, 0) is 41.8 Å². The highest BCUT2D eigenvalue weighted by Gasteiger charge is 2.47. The van der Waals surface area contributed by atoms with Gasteiger partial charge < -0.3 is 10.1 Å². The number of anilines is 1. The third kappa shape index (κ3) is 2.84. The zero-order valence-electron chi connectivity index (χ0n) is 15.5. The summed E-state index contributed by atoms with van der Waals surface area (Å²) in [6, 6.07) is 17.2. The fourth-order valence-corrected chi connectivity index (χ4v) is 4.78. The molecular weight excluding hydrogens is 420 g/mol. The molecule has 0 saturated carbocycles. The van der Waals surface area contributed by atoms with Crippen molar-refractivity contribution in [1.29, 1.82) is 0 Å². The average Bonchev–Trinajstić information content (AvgIpc) is 3.48. The Bertz CT molecular complexity index is 1310. The van der Waals surface area contributed by atoms with Gasteiger partial charge in [-0.3, -0.25) is 14.5 Å². The van der Waals surface area contributed by atoms with Crippen LogP contribution in [0, 0.1) is 0 Å². The molecule has 4 aromatic rings. The van der Waals surface area contributed by atoms with Gasteiger partial charge in [0.2, 0.25) is 0 Å². The number of ketones is 1. The molecule has 1 amide bonds. The lowest BCUT2D eigenvalue weighted by molar-refractivity contribution is -0.132. The SMILES string of the molecule is O=C1C(=O)N(c2ccc(Cl)cc2)C(c2cccs2)/C1=C(/O)c1c[nH]c2ccccc12. The number of carbonyl (C=O) groups excluding carboxylic acids is 2. The number of fused-ring (bicyclic) bond motifs is 1. The lowest BCUT2D eigenvalue weighted by Gasteiger charge is -2.24. The van der Waals surface area contributed by atoms with Crippen molar-refractivity contribution in [2.24, 2.45) is 0 Å². The van der Waals surface area contributed by atoms with Crippen LogP contribution in [0.2, 0.25) is 5.02 Å². The van der Waals surface area contributed by atoms with E-state index in [1.165, 1.54) is 16.2 Å². The summed E-state index contributed by atoms with van der Waals surface area (Å²) in [5, 5.41) is 14.4. The van der Waals surface area contributed by atoms with Crippen molar-refractivity contribution in [3.05, 3.63) is 93.3 Å². The summed E-state index contributed by atoms with van der Waals surface area (Å²) in [5.74, 6) is -1.59. The fourth-order valence-electron chi connectivity index (χ4n) is 3.83. The highest BCUT2D eigenvalue weighted by Crippen LogP contribution is 2.44. The van der Waals surface area contributed by atoms with Crippen molar-refractivity contribution >= 4 is 57.0 Å². The Labute approximate surface area is 180 Å². The van der Waals surface area contributed by atoms with Gasteiger partial charge in [0.25, 0.3) is 11.7 Å². The highest BCUT2D eigenvalue weighted by atomic mass is 35.5. The normalized spacial score (nSPS) is 18.4. The standard InChI is InChI=1S/C23H15ClN2O3S/c24-13-7-9-14(10-8-13)26-20(18-6-3-11-30-18)19(22(28)23(26)29)21(27)16-12-25-17-5-2-1-4-15(16)17/h1-12,20,25,27H/b21-19-. The number of hydrogen-bond donors (Lipinski definition) is 2. The van der Waals surface area contributed by atoms with Gasteiger partial charge in [0, 0.05) is 38.3 Å². The molecule has 1 aliphatic heterocycles. The summed E-state index contributed by atoms with van der Waals surface area (Å²) in [6.45, 7) is 0. The Morgan fingerprint density at radius 2 is 1.80 bits per heavy atom. The van der Waals surface area contributed by atoms with Gasteiger partial charge in [0.1, 0.15) is 11.8 Å². The van der Waals surface area contributed by atoms with E-state index in [0.717, 1.165) is 15.8 Å². The molecule has 2 aromatic heterocycles. The number of aromatic amines is 1. The van der Waals surface area contributed by atoms with Gasteiger partial charge in [-0.2, -0.15) is 0 Å². The number of H-pyrrole nitrogens is 1. The van der Waals surface area contributed by atoms with Crippen molar-refractivity contribution < 1.29 is 14.7 Å². The third-order valence-corrected chi connectivity index (χ3v) is 6.38. The zero-order chi connectivity index (χ0) is 20.8. The summed E-state index contributed by atoms with van der Waals surface area (Å²) >= 11 is 7.42. The van der Waals surface area contributed by atoms with E-state index in [-0.39, 0.29) is 11.3 Å². The molecule has 2 N–H and O–H groups in total. The van der Waals surface area contributed by atoms with Gasteiger partial charge in [0.15, 0.2) is 0 Å². The Hall–Kier alpha value is -3.35. The van der Waals surface area contributed by atoms with E-state index in [0.29, 0.717) is 16.3 Å². The van der Waals surface area contributed by atoms with Crippen LogP contribution in [0.3, 0.4) is 0 Å². The molecule has 0 spiro atoms. The van der Waals surface area contributed by atoms with E-state index < -0.39 is 17.7 Å². The fraction of sp³-hybridized carbons (Fsp3) is 0.0435. The molecule has 0 radical (unpaired) electrons. The summed E-state index contributed by atoms with van der Waals surface area (Å²) in [6.07, 6.45) is 1.65. The first-order valence-corrected chi connectivity index (χ1v) is 10.5. The number of aliphatic hydroxyl groups is 1. The number of aromatic nitrogens is 1. The zero-order valence-corrected chi connectivity index (χ0v) is 17.1. The quantitative estimate of drug-likeness (QED) is 0.253. The van der Waals surface area contributed by atoms with Crippen LogP contribution in [0.15, 0.2) is 77.8 Å². The molecule has 1 fully saturated rings. The van der Waals surface area contributed by atoms with Crippen molar-refractivity contribution in [3.63, 3.8) is 0 Å². The van der Waals surface area contributed by atoms with Crippen LogP contribution in [-0.4, -0.2) is 21.8 Å². The lowest BCUT2D eigenvalue weighted by atomic mass is 9.99. The number of Topliss-reactive ketones (excluding diaryl/α,β-unsaturated/α-hetero) is 1. The van der Waals surface area contributed by atoms with Crippen LogP contribution < -0.4 is 4.90 Å². The minimum Gasteiger partial charge on any atom is -0.507 e. The number of aliphatic hydroxyl groups excluding tert-OH is 1. The maximum absolute atomic E-state index is 13.1. The Morgan fingerprint density at radius 1 is 1.03 bits per heavy atom. The van der Waals surface area contributed by atoms with Gasteiger partial charge in [-0.15, -0.1) is 11.3 Å². The molecule has 5 nitrogen and oxygen atoms in total. The number of nitrogens with one attached hydrogen (secondary N) is 1. The number of hydrogen-bond acceptors (Lipinski definition) is 4. The molecular formula is C23H15ClN2O3S. The van der Waals surface area contributed by atoms with E-state index >= 15 is 0 Å². The van der Waals surface area contributed by atoms with E-state index in [4.69, 9.17) is 11.6 Å². The molecule has 2 aromatic carbocycles. The van der Waals surface area contributed by atoms with Gasteiger partial charge in [-0.25, -0.2) is 0 Å². The predicted octanol–water partition coefficient (Wildman–Crippen LogP) is 5.51. The molecule has 7 heteroatoms. The average molecular weight is 435 g/mol. The van der Waals surface area contributed by atoms with E-state index in [9.17, 15) is 14.7 Å². The van der Waals surface area contributed by atoms with E-state index in [1.807, 2.05) is 41.8 Å². The minimum absolute atomic E-state index is 0.0714. The van der Waals surface area contributed by atoms with Gasteiger partial charge >= 0.3 is 0 Å². The number of benzene rings is 2. The first-order chi connectivity index (χ1) is 14.6. The molecule has 1 saturated heterocycles. The molecule has 1 unspecified atom stereocenters. The van der Waals surface area contributed by atoms with Gasteiger partial charge in [0.05, 0.1) is 5.57 Å². The molecule has 148 valence electrons. The van der Waals surface area contributed by atoms with Crippen LogP contribution in [0.5, 0.6) is 0 Å². The molecule has 0 bridgehead atoms. The largest absolute Gasteiger partial charge is 0.507 e. The first-order valence-electron chi connectivity index (χ1n) is 9.22. The molecule has 0 aliphatic carbocycles. The number of para-hydroxylation sites is 1. The Balaban J connectivity index is 1.74. The molecule has 1 aliphatic rings. The van der Waals surface area contributed by atoms with Crippen LogP contribution >= 0.6 is 22.9 Å². The minimum atomic E-state index is -0.722. The number of nitrogens with zero attached hydrogens (tertiary/aromatic N) is 1. The maximum atomic E-state index is 13.1. The molecule has 3 heterocycles. The van der Waals surface area contributed by atoms with Crippen LogP contribution in [-0.2, 0) is 9.59 Å². The first kappa shape index (κ1) is 18.7. The van der Waals surface area contributed by atoms with Crippen molar-refractivity contribution in [2.75, 3.05) is 4.90 Å². The molecule has 1 atom stereocenters. The second-order valence-electron chi connectivity index (χ2n) is 6.91. The third-order valence-electron chi connectivity index (χ3n) is 5.21. The highest BCUT2D eigenvalue weighted by molar-refractivity contribution is 7.10. The summed E-state index contributed by atoms with van der Waals surface area (Å²) in [5.41, 5.74) is 1.93. The molecule has 30 heavy (non-hydrogen) atoms. The van der Waals surface area contributed by atoms with Crippen LogP contribution in [0.25, 0.3) is 16.7 Å². The van der Waals surface area contributed by atoms with E-state index in [1.54, 1.807) is 30.5 Å². The van der Waals surface area contributed by atoms with Crippen molar-refractivity contribution in [3.8, 4) is 0 Å². The maximum Gasteiger partial charge on any atom is 0.300 e. The second-order valence-corrected chi connectivity index (χ2v) is 8.32. The number of rotatable bonds is 3. The van der Waals surface area contributed by atoms with E-state index in [2.05, 4.69) is 4.98 Å². The monoisotopic (exact) mass is 434 g/mol. The van der Waals surface area contributed by atoms with Crippen LogP contribution in [0.1, 0.15) is 16.5 Å². The van der Waals surface area contributed by atoms with Crippen molar-refractivity contribution in [2.45, 2.75) is 6.04 Å². The van der Waals surface area contributed by atoms with Gasteiger partial charge in [-0.1, -0.05) is 35.9 Å². The number of carbonyl (C=O) groups is 2. The molecule has 5 rings (SSSR count). The van der Waals surface area contributed by atoms with Crippen LogP contribution in [0.4, 0.5) is 5.69 Å². The topological polar surface area (TPSA) is 73.4 Å². The van der Waals surface area contributed by atoms with Crippen molar-refractivity contribution in [1.82, 2.24) is 4.98 Å². The number of thiophene rings is 1. The summed E-state index contributed by atoms with van der Waals surface area (Å²) in [7, 11) is 0. The predicted molar refractivity (Wildman–Crippen MR) is 119 cm³/mol. The smallest absolute Gasteiger partial charge is 0.300 e. The second kappa shape index (κ2) is 7.16. The number of amides is 1.